The Morgan fingerprint density at radius 3 is 2.38 bits per heavy atom. The lowest BCUT2D eigenvalue weighted by Crippen LogP contribution is -2.53. The fourth-order valence-electron chi connectivity index (χ4n) is 3.38. The van der Waals surface area contributed by atoms with Gasteiger partial charge in [-0.15, -0.1) is 0 Å². The summed E-state index contributed by atoms with van der Waals surface area (Å²) in [5.41, 5.74) is 1.62. The minimum Gasteiger partial charge on any atom is -0.467 e. The first-order valence-corrected chi connectivity index (χ1v) is 10.1. The van der Waals surface area contributed by atoms with Gasteiger partial charge in [0.15, 0.2) is 0 Å². The Kier molecular flexibility index (Phi) is 7.49. The Morgan fingerprint density at radius 1 is 0.938 bits per heavy atom. The molecule has 0 spiro atoms. The van der Waals surface area contributed by atoms with Crippen molar-refractivity contribution in [3.05, 3.63) is 77.7 Å². The molecule has 0 aliphatic rings. The maximum Gasteiger partial charge on any atom is 0.328 e. The van der Waals surface area contributed by atoms with Crippen molar-refractivity contribution in [3.63, 3.8) is 0 Å². The van der Waals surface area contributed by atoms with Gasteiger partial charge in [0, 0.05) is 30.8 Å². The summed E-state index contributed by atoms with van der Waals surface area (Å²) in [5.74, 6) is -2.21. The number of pyridine rings is 1. The summed E-state index contributed by atoms with van der Waals surface area (Å²) in [6, 6.07) is 15.1. The number of rotatable bonds is 8. The van der Waals surface area contributed by atoms with E-state index >= 15 is 0 Å². The number of nitrogens with zero attached hydrogens (tertiary/aromatic N) is 1. The van der Waals surface area contributed by atoms with E-state index in [9.17, 15) is 18.8 Å². The Hall–Kier alpha value is -3.81. The van der Waals surface area contributed by atoms with Crippen LogP contribution in [0.2, 0.25) is 0 Å². The molecule has 2 aromatic carbocycles. The van der Waals surface area contributed by atoms with Gasteiger partial charge in [0.25, 0.3) is 0 Å². The average molecular weight is 437 g/mol. The van der Waals surface area contributed by atoms with Crippen molar-refractivity contribution in [3.8, 4) is 0 Å². The SMILES string of the molecule is COC(=O)[C@H](Cc1ccc2ccccc2n1)NC(=O)[C@@H](Cc1ccccc1F)NC(C)=O. The van der Waals surface area contributed by atoms with Gasteiger partial charge in [0.05, 0.1) is 12.6 Å². The molecule has 2 N–H and O–H groups in total. The Morgan fingerprint density at radius 2 is 1.66 bits per heavy atom. The van der Waals surface area contributed by atoms with E-state index in [1.165, 1.54) is 32.2 Å². The molecule has 2 atom stereocenters. The van der Waals surface area contributed by atoms with Gasteiger partial charge in [-0.1, -0.05) is 42.5 Å². The second-order valence-electron chi connectivity index (χ2n) is 7.33. The standard InChI is InChI=1S/C24H24FN3O4/c1-15(29)26-21(13-17-8-3-5-9-19(17)25)23(30)28-22(24(31)32-2)14-18-12-11-16-7-4-6-10-20(16)27-18/h3-12,21-22H,13-14H2,1-2H3,(H,26,29)(H,28,30)/t21-,22+/m1/s1. The third-order valence-corrected chi connectivity index (χ3v) is 4.95. The van der Waals surface area contributed by atoms with Crippen molar-refractivity contribution in [2.24, 2.45) is 0 Å². The van der Waals surface area contributed by atoms with Gasteiger partial charge in [0.2, 0.25) is 11.8 Å². The lowest BCUT2D eigenvalue weighted by molar-refractivity contribution is -0.145. The van der Waals surface area contributed by atoms with E-state index in [0.29, 0.717) is 5.69 Å². The summed E-state index contributed by atoms with van der Waals surface area (Å²) < 4.78 is 18.9. The van der Waals surface area contributed by atoms with Crippen molar-refractivity contribution in [2.75, 3.05) is 7.11 Å². The van der Waals surface area contributed by atoms with Gasteiger partial charge < -0.3 is 15.4 Å². The fraction of sp³-hybridized carbons (Fsp3) is 0.250. The molecule has 0 aliphatic heterocycles. The maximum absolute atomic E-state index is 14.1. The number of esters is 1. The highest BCUT2D eigenvalue weighted by molar-refractivity contribution is 5.90. The number of nitrogens with one attached hydrogen (secondary N) is 2. The van der Waals surface area contributed by atoms with E-state index in [2.05, 4.69) is 15.6 Å². The highest BCUT2D eigenvalue weighted by Gasteiger charge is 2.28. The van der Waals surface area contributed by atoms with Crippen LogP contribution in [0.1, 0.15) is 18.2 Å². The van der Waals surface area contributed by atoms with Gasteiger partial charge in [0.1, 0.15) is 17.9 Å². The van der Waals surface area contributed by atoms with Crippen LogP contribution in [0.25, 0.3) is 10.9 Å². The molecule has 8 heteroatoms. The summed E-state index contributed by atoms with van der Waals surface area (Å²) in [5, 5.41) is 6.09. The molecule has 0 saturated heterocycles. The lowest BCUT2D eigenvalue weighted by Gasteiger charge is -2.22. The Balaban J connectivity index is 1.79. The summed E-state index contributed by atoms with van der Waals surface area (Å²) in [6.07, 6.45) is 0.0238. The van der Waals surface area contributed by atoms with Crippen molar-refractivity contribution < 1.29 is 23.5 Å². The fourth-order valence-corrected chi connectivity index (χ4v) is 3.38. The first-order chi connectivity index (χ1) is 15.4. The average Bonchev–Trinajstić information content (AvgIpc) is 2.78. The molecule has 0 radical (unpaired) electrons. The Labute approximate surface area is 185 Å². The molecule has 0 aliphatic carbocycles. The number of ether oxygens (including phenoxy) is 1. The molecule has 0 bridgehead atoms. The van der Waals surface area contributed by atoms with Gasteiger partial charge in [-0.2, -0.15) is 0 Å². The zero-order valence-corrected chi connectivity index (χ0v) is 17.8. The summed E-state index contributed by atoms with van der Waals surface area (Å²) >= 11 is 0. The molecule has 0 fully saturated rings. The zero-order valence-electron chi connectivity index (χ0n) is 17.8. The van der Waals surface area contributed by atoms with Crippen LogP contribution in [0.5, 0.6) is 0 Å². The zero-order chi connectivity index (χ0) is 23.1. The molecule has 166 valence electrons. The van der Waals surface area contributed by atoms with E-state index in [1.807, 2.05) is 30.3 Å². The van der Waals surface area contributed by atoms with Crippen LogP contribution in [0.4, 0.5) is 4.39 Å². The second kappa shape index (κ2) is 10.5. The van der Waals surface area contributed by atoms with Crippen LogP contribution in [0.15, 0.2) is 60.7 Å². The second-order valence-corrected chi connectivity index (χ2v) is 7.33. The van der Waals surface area contributed by atoms with Gasteiger partial charge in [-0.3, -0.25) is 14.6 Å². The van der Waals surface area contributed by atoms with Gasteiger partial charge in [-0.25, -0.2) is 9.18 Å². The molecule has 0 unspecified atom stereocenters. The summed E-state index contributed by atoms with van der Waals surface area (Å²) in [4.78, 5) is 41.5. The summed E-state index contributed by atoms with van der Waals surface area (Å²) in [6.45, 7) is 1.26. The minimum absolute atomic E-state index is 0.0692. The molecular formula is C24H24FN3O4. The molecule has 3 rings (SSSR count). The first-order valence-electron chi connectivity index (χ1n) is 10.1. The van der Waals surface area contributed by atoms with Crippen molar-refractivity contribution >= 4 is 28.7 Å². The molecular weight excluding hydrogens is 413 g/mol. The molecule has 1 aromatic heterocycles. The number of aromatic nitrogens is 1. The third-order valence-electron chi connectivity index (χ3n) is 4.95. The van der Waals surface area contributed by atoms with E-state index in [-0.39, 0.29) is 18.4 Å². The van der Waals surface area contributed by atoms with Crippen molar-refractivity contribution in [1.82, 2.24) is 15.6 Å². The topological polar surface area (TPSA) is 97.4 Å². The molecule has 7 nitrogen and oxygen atoms in total. The minimum atomic E-state index is -1.07. The van der Waals surface area contributed by atoms with Crippen LogP contribution < -0.4 is 10.6 Å². The molecule has 2 amide bonds. The number of methoxy groups -OCH3 is 1. The van der Waals surface area contributed by atoms with Gasteiger partial charge in [-0.05, 0) is 23.8 Å². The molecule has 1 heterocycles. The third kappa shape index (κ3) is 5.87. The van der Waals surface area contributed by atoms with E-state index in [4.69, 9.17) is 4.74 Å². The molecule has 3 aromatic rings. The quantitative estimate of drug-likeness (QED) is 0.527. The van der Waals surface area contributed by atoms with Crippen molar-refractivity contribution in [1.29, 1.82) is 0 Å². The number of carbonyl (C=O) groups excluding carboxylic acids is 3. The summed E-state index contributed by atoms with van der Waals surface area (Å²) in [7, 11) is 1.22. The predicted molar refractivity (Wildman–Crippen MR) is 117 cm³/mol. The number of carbonyl (C=O) groups is 3. The van der Waals surface area contributed by atoms with Gasteiger partial charge >= 0.3 is 5.97 Å². The predicted octanol–water partition coefficient (Wildman–Crippen LogP) is 2.32. The van der Waals surface area contributed by atoms with Crippen molar-refractivity contribution in [2.45, 2.75) is 31.8 Å². The van der Waals surface area contributed by atoms with Crippen LogP contribution in [-0.2, 0) is 32.0 Å². The first kappa shape index (κ1) is 22.9. The van der Waals surface area contributed by atoms with Crippen LogP contribution in [0, 0.1) is 5.82 Å². The number of benzene rings is 2. The van der Waals surface area contributed by atoms with E-state index in [0.717, 1.165) is 10.9 Å². The molecule has 0 saturated carbocycles. The largest absolute Gasteiger partial charge is 0.467 e. The normalized spacial score (nSPS) is 12.6. The van der Waals surface area contributed by atoms with E-state index < -0.39 is 35.7 Å². The lowest BCUT2D eigenvalue weighted by atomic mass is 10.0. The molecule has 32 heavy (non-hydrogen) atoms. The van der Waals surface area contributed by atoms with Crippen LogP contribution in [-0.4, -0.2) is 42.0 Å². The maximum atomic E-state index is 14.1. The Bertz CT molecular complexity index is 1130. The number of para-hydroxylation sites is 1. The van der Waals surface area contributed by atoms with E-state index in [1.54, 1.807) is 12.1 Å². The highest BCUT2D eigenvalue weighted by atomic mass is 19.1. The smallest absolute Gasteiger partial charge is 0.328 e. The number of hydrogen-bond donors (Lipinski definition) is 2. The number of fused-ring (bicyclic) bond motifs is 1. The number of hydrogen-bond acceptors (Lipinski definition) is 5. The monoisotopic (exact) mass is 437 g/mol. The van der Waals surface area contributed by atoms with Crippen LogP contribution >= 0.6 is 0 Å². The highest BCUT2D eigenvalue weighted by Crippen LogP contribution is 2.14. The number of halogens is 1. The number of amides is 2. The van der Waals surface area contributed by atoms with Crippen LogP contribution in [0.3, 0.4) is 0 Å².